The van der Waals surface area contributed by atoms with Gasteiger partial charge >= 0.3 is 5.69 Å². The van der Waals surface area contributed by atoms with Crippen LogP contribution in [-0.2, 0) is 6.61 Å². The van der Waals surface area contributed by atoms with Gasteiger partial charge in [-0.2, -0.15) is 4.68 Å². The van der Waals surface area contributed by atoms with Gasteiger partial charge in [-0.15, -0.1) is 16.9 Å². The SMILES string of the molecule is CCSc1cccc(-n2nn[nH]c2=O)c1COc1ccn(S)n1. The molecule has 23 heavy (non-hydrogen) atoms. The maximum Gasteiger partial charge on any atom is 0.365 e. The molecule has 2 aromatic heterocycles. The van der Waals surface area contributed by atoms with Gasteiger partial charge in [0.15, 0.2) is 0 Å². The summed E-state index contributed by atoms with van der Waals surface area (Å²) in [5.74, 6) is 1.35. The Hall–Kier alpha value is -2.20. The van der Waals surface area contributed by atoms with Gasteiger partial charge in [-0.1, -0.05) is 13.0 Å². The molecule has 0 unspecified atom stereocenters. The number of aromatic amines is 1. The summed E-state index contributed by atoms with van der Waals surface area (Å²) in [6, 6.07) is 7.38. The molecule has 1 aromatic carbocycles. The van der Waals surface area contributed by atoms with Gasteiger partial charge in [0, 0.05) is 22.7 Å². The maximum absolute atomic E-state index is 11.8. The van der Waals surface area contributed by atoms with Crippen molar-refractivity contribution in [3.8, 4) is 11.6 Å². The summed E-state index contributed by atoms with van der Waals surface area (Å²) < 4.78 is 8.29. The van der Waals surface area contributed by atoms with Crippen LogP contribution in [0.15, 0.2) is 40.2 Å². The number of H-pyrrole nitrogens is 1. The van der Waals surface area contributed by atoms with Crippen LogP contribution in [0.4, 0.5) is 0 Å². The molecule has 0 bridgehead atoms. The molecule has 0 aliphatic rings. The number of hydrogen-bond donors (Lipinski definition) is 2. The Balaban J connectivity index is 1.97. The lowest BCUT2D eigenvalue weighted by atomic mass is 10.2. The molecular weight excluding hydrogens is 336 g/mol. The molecule has 0 amide bonds. The molecule has 0 aliphatic heterocycles. The smallest absolute Gasteiger partial charge is 0.365 e. The van der Waals surface area contributed by atoms with Crippen LogP contribution in [0.1, 0.15) is 12.5 Å². The first-order valence-electron chi connectivity index (χ1n) is 6.82. The van der Waals surface area contributed by atoms with Crippen molar-refractivity contribution in [1.29, 1.82) is 0 Å². The average Bonchev–Trinajstić information content (AvgIpc) is 3.14. The highest BCUT2D eigenvalue weighted by molar-refractivity contribution is 7.99. The van der Waals surface area contributed by atoms with Gasteiger partial charge < -0.3 is 4.74 Å². The highest BCUT2D eigenvalue weighted by Crippen LogP contribution is 2.28. The zero-order valence-electron chi connectivity index (χ0n) is 12.2. The van der Waals surface area contributed by atoms with E-state index in [1.807, 2.05) is 12.1 Å². The highest BCUT2D eigenvalue weighted by atomic mass is 32.2. The summed E-state index contributed by atoms with van der Waals surface area (Å²) in [5, 5.41) is 13.7. The molecule has 0 saturated heterocycles. The first kappa shape index (κ1) is 15.7. The molecule has 0 saturated carbocycles. The van der Waals surface area contributed by atoms with Gasteiger partial charge in [-0.05, 0) is 41.1 Å². The fraction of sp³-hybridized carbons (Fsp3) is 0.231. The second-order valence-corrected chi connectivity index (χ2v) is 6.18. The number of thioether (sulfide) groups is 1. The van der Waals surface area contributed by atoms with Crippen molar-refractivity contribution in [1.82, 2.24) is 29.4 Å². The van der Waals surface area contributed by atoms with Crippen molar-refractivity contribution >= 4 is 24.6 Å². The van der Waals surface area contributed by atoms with Gasteiger partial charge in [0.2, 0.25) is 5.88 Å². The number of thiol groups is 1. The lowest BCUT2D eigenvalue weighted by Crippen LogP contribution is -2.18. The van der Waals surface area contributed by atoms with E-state index in [1.54, 1.807) is 30.1 Å². The predicted molar refractivity (Wildman–Crippen MR) is 89.3 cm³/mol. The van der Waals surface area contributed by atoms with Crippen molar-refractivity contribution in [3.05, 3.63) is 46.5 Å². The molecule has 0 atom stereocenters. The quantitative estimate of drug-likeness (QED) is 0.518. The fourth-order valence-corrected chi connectivity index (χ4v) is 3.04. The van der Waals surface area contributed by atoms with E-state index in [4.69, 9.17) is 4.74 Å². The van der Waals surface area contributed by atoms with E-state index in [9.17, 15) is 4.79 Å². The van der Waals surface area contributed by atoms with Crippen molar-refractivity contribution < 1.29 is 4.74 Å². The molecule has 3 aromatic rings. The summed E-state index contributed by atoms with van der Waals surface area (Å²) >= 11 is 5.74. The minimum Gasteiger partial charge on any atom is -0.472 e. The van der Waals surface area contributed by atoms with Gasteiger partial charge in [0.25, 0.3) is 0 Å². The topological polar surface area (TPSA) is 90.6 Å². The van der Waals surface area contributed by atoms with Crippen LogP contribution in [0.5, 0.6) is 5.88 Å². The third-order valence-corrected chi connectivity index (χ3v) is 4.23. The standard InChI is InChI=1S/C13H14N6O2S2/c1-2-23-11-5-3-4-10(19-13(20)14-16-17-19)9(11)8-21-12-6-7-18(22)15-12/h3-7,22H,2,8H2,1H3,(H,14,17,20). The average molecular weight is 350 g/mol. The number of tetrazole rings is 1. The van der Waals surface area contributed by atoms with Crippen molar-refractivity contribution in [3.63, 3.8) is 0 Å². The molecule has 0 fully saturated rings. The minimum absolute atomic E-state index is 0.253. The summed E-state index contributed by atoms with van der Waals surface area (Å²) in [7, 11) is 0. The van der Waals surface area contributed by atoms with Crippen LogP contribution >= 0.6 is 24.6 Å². The first-order chi connectivity index (χ1) is 11.2. The number of nitrogens with one attached hydrogen (secondary N) is 1. The number of hydrogen-bond acceptors (Lipinski definition) is 7. The maximum atomic E-state index is 11.8. The lowest BCUT2D eigenvalue weighted by molar-refractivity contribution is 0.289. The van der Waals surface area contributed by atoms with Crippen LogP contribution < -0.4 is 10.4 Å². The molecule has 0 radical (unpaired) electrons. The lowest BCUT2D eigenvalue weighted by Gasteiger charge is -2.13. The summed E-state index contributed by atoms with van der Waals surface area (Å²) in [6.45, 7) is 2.31. The Bertz CT molecular complexity index is 856. The monoisotopic (exact) mass is 350 g/mol. The molecule has 8 nitrogen and oxygen atoms in total. The third-order valence-electron chi connectivity index (χ3n) is 3.02. The molecular formula is C13H14N6O2S2. The van der Waals surface area contributed by atoms with Crippen LogP contribution in [-0.4, -0.2) is 35.1 Å². The van der Waals surface area contributed by atoms with Crippen molar-refractivity contribution in [2.45, 2.75) is 18.4 Å². The van der Waals surface area contributed by atoms with Crippen molar-refractivity contribution in [2.75, 3.05) is 5.75 Å². The van der Waals surface area contributed by atoms with E-state index < -0.39 is 5.69 Å². The first-order valence-corrected chi connectivity index (χ1v) is 8.20. The third kappa shape index (κ3) is 3.42. The number of rotatable bonds is 6. The fourth-order valence-electron chi connectivity index (χ4n) is 2.06. The molecule has 120 valence electrons. The number of nitrogens with zero attached hydrogens (tertiary/aromatic N) is 5. The van der Waals surface area contributed by atoms with Gasteiger partial charge in [0.05, 0.1) is 5.69 Å². The molecule has 0 aliphatic carbocycles. The van der Waals surface area contributed by atoms with Crippen LogP contribution in [0, 0.1) is 0 Å². The van der Waals surface area contributed by atoms with Crippen LogP contribution in [0.2, 0.25) is 0 Å². The highest BCUT2D eigenvalue weighted by Gasteiger charge is 2.14. The molecule has 10 heteroatoms. The normalized spacial score (nSPS) is 10.9. The van der Waals surface area contributed by atoms with E-state index in [0.717, 1.165) is 16.2 Å². The van der Waals surface area contributed by atoms with E-state index in [0.29, 0.717) is 11.6 Å². The second kappa shape index (κ2) is 6.92. The number of aromatic nitrogens is 6. The molecule has 2 heterocycles. The zero-order valence-corrected chi connectivity index (χ0v) is 13.9. The van der Waals surface area contributed by atoms with Crippen LogP contribution in [0.3, 0.4) is 0 Å². The Morgan fingerprint density at radius 3 is 2.91 bits per heavy atom. The zero-order chi connectivity index (χ0) is 16.2. The van der Waals surface area contributed by atoms with Gasteiger partial charge in [-0.3, -0.25) is 0 Å². The Kier molecular flexibility index (Phi) is 4.72. The van der Waals surface area contributed by atoms with E-state index in [1.165, 1.54) is 8.77 Å². The van der Waals surface area contributed by atoms with E-state index in [2.05, 4.69) is 40.4 Å². The Labute approximate surface area is 141 Å². The van der Waals surface area contributed by atoms with Gasteiger partial charge in [0.1, 0.15) is 6.61 Å². The summed E-state index contributed by atoms with van der Waals surface area (Å²) in [4.78, 5) is 12.8. The molecule has 0 spiro atoms. The Morgan fingerprint density at radius 2 is 2.26 bits per heavy atom. The van der Waals surface area contributed by atoms with Crippen molar-refractivity contribution in [2.24, 2.45) is 0 Å². The summed E-state index contributed by atoms with van der Waals surface area (Å²) in [6.07, 6.45) is 1.67. The summed E-state index contributed by atoms with van der Waals surface area (Å²) in [5.41, 5.74) is 1.08. The largest absolute Gasteiger partial charge is 0.472 e. The minimum atomic E-state index is -0.399. The van der Waals surface area contributed by atoms with Crippen LogP contribution in [0.25, 0.3) is 5.69 Å². The van der Waals surface area contributed by atoms with E-state index in [-0.39, 0.29) is 6.61 Å². The number of benzene rings is 1. The molecule has 1 N–H and O–H groups in total. The molecule has 3 rings (SSSR count). The number of ether oxygens (including phenoxy) is 1. The second-order valence-electron chi connectivity index (χ2n) is 4.47. The van der Waals surface area contributed by atoms with Gasteiger partial charge in [-0.25, -0.2) is 14.0 Å². The Morgan fingerprint density at radius 1 is 1.39 bits per heavy atom. The predicted octanol–water partition coefficient (Wildman–Crippen LogP) is 1.54. The van der Waals surface area contributed by atoms with E-state index >= 15 is 0 Å².